The van der Waals surface area contributed by atoms with Crippen molar-refractivity contribution in [1.82, 2.24) is 10.2 Å². The number of anilines is 1. The van der Waals surface area contributed by atoms with Gasteiger partial charge < -0.3 is 4.90 Å². The quantitative estimate of drug-likeness (QED) is 0.837. The van der Waals surface area contributed by atoms with Crippen LogP contribution in [-0.2, 0) is 0 Å². The van der Waals surface area contributed by atoms with Crippen LogP contribution in [0.1, 0.15) is 26.7 Å². The molecule has 0 spiro atoms. The van der Waals surface area contributed by atoms with Gasteiger partial charge in [-0.2, -0.15) is 0 Å². The number of benzene rings is 1. The fraction of sp³-hybridized carbons (Fsp3) is 0.412. The van der Waals surface area contributed by atoms with Crippen molar-refractivity contribution in [2.24, 2.45) is 5.92 Å². The van der Waals surface area contributed by atoms with Gasteiger partial charge in [0.25, 0.3) is 0 Å². The molecule has 3 rings (SSSR count). The molecule has 2 atom stereocenters. The standard InChI is InChI=1S/C17H20FN3/c1-12-3-4-13(2)21(11-12)17-10-9-16(19-20-17)14-5-7-15(18)8-6-14/h5-10,12-13H,3-4,11H2,1-2H3. The number of hydrogen-bond acceptors (Lipinski definition) is 3. The molecule has 2 aromatic rings. The summed E-state index contributed by atoms with van der Waals surface area (Å²) in [6, 6.07) is 10.8. The summed E-state index contributed by atoms with van der Waals surface area (Å²) in [5, 5.41) is 8.67. The van der Waals surface area contributed by atoms with Gasteiger partial charge in [-0.05, 0) is 62.1 Å². The average molecular weight is 285 g/mol. The Morgan fingerprint density at radius 2 is 1.76 bits per heavy atom. The van der Waals surface area contributed by atoms with Gasteiger partial charge in [-0.25, -0.2) is 4.39 Å². The van der Waals surface area contributed by atoms with E-state index < -0.39 is 0 Å². The molecule has 0 amide bonds. The Hall–Kier alpha value is -1.97. The molecule has 0 saturated carbocycles. The Morgan fingerprint density at radius 1 is 1.00 bits per heavy atom. The molecule has 2 heterocycles. The molecule has 0 radical (unpaired) electrons. The molecule has 110 valence electrons. The van der Waals surface area contributed by atoms with Crippen molar-refractivity contribution >= 4 is 5.82 Å². The number of halogens is 1. The third kappa shape index (κ3) is 3.04. The van der Waals surface area contributed by atoms with Gasteiger partial charge in [-0.3, -0.25) is 0 Å². The Morgan fingerprint density at radius 3 is 2.43 bits per heavy atom. The van der Waals surface area contributed by atoms with Crippen LogP contribution in [0.5, 0.6) is 0 Å². The molecular formula is C17H20FN3. The minimum absolute atomic E-state index is 0.237. The Bertz CT molecular complexity index is 594. The minimum atomic E-state index is -0.237. The molecule has 1 aromatic carbocycles. The lowest BCUT2D eigenvalue weighted by Crippen LogP contribution is -2.41. The first-order valence-corrected chi connectivity index (χ1v) is 7.50. The monoisotopic (exact) mass is 285 g/mol. The zero-order chi connectivity index (χ0) is 14.8. The number of piperidine rings is 1. The lowest BCUT2D eigenvalue weighted by atomic mass is 9.95. The van der Waals surface area contributed by atoms with Crippen molar-refractivity contribution in [2.45, 2.75) is 32.7 Å². The van der Waals surface area contributed by atoms with Crippen LogP contribution in [-0.4, -0.2) is 22.8 Å². The lowest BCUT2D eigenvalue weighted by molar-refractivity contribution is 0.387. The second-order valence-electron chi connectivity index (χ2n) is 5.97. The molecule has 1 aliphatic heterocycles. The second kappa shape index (κ2) is 5.80. The smallest absolute Gasteiger partial charge is 0.151 e. The highest BCUT2D eigenvalue weighted by Gasteiger charge is 2.24. The molecule has 1 aromatic heterocycles. The average Bonchev–Trinajstić information content (AvgIpc) is 2.51. The molecular weight excluding hydrogens is 265 g/mol. The fourth-order valence-corrected chi connectivity index (χ4v) is 2.86. The van der Waals surface area contributed by atoms with Gasteiger partial charge in [0.05, 0.1) is 5.69 Å². The SMILES string of the molecule is CC1CCC(C)N(c2ccc(-c3ccc(F)cc3)nn2)C1. The van der Waals surface area contributed by atoms with E-state index in [0.717, 1.165) is 23.6 Å². The maximum absolute atomic E-state index is 12.9. The van der Waals surface area contributed by atoms with Crippen molar-refractivity contribution in [2.75, 3.05) is 11.4 Å². The highest BCUT2D eigenvalue weighted by molar-refractivity contribution is 5.59. The van der Waals surface area contributed by atoms with E-state index in [0.29, 0.717) is 12.0 Å². The first-order valence-electron chi connectivity index (χ1n) is 7.50. The molecule has 1 saturated heterocycles. The van der Waals surface area contributed by atoms with Gasteiger partial charge in [-0.15, -0.1) is 10.2 Å². The number of nitrogens with zero attached hydrogens (tertiary/aromatic N) is 3. The largest absolute Gasteiger partial charge is 0.352 e. The van der Waals surface area contributed by atoms with Gasteiger partial charge in [0.15, 0.2) is 5.82 Å². The van der Waals surface area contributed by atoms with Gasteiger partial charge >= 0.3 is 0 Å². The van der Waals surface area contributed by atoms with E-state index in [9.17, 15) is 4.39 Å². The van der Waals surface area contributed by atoms with Gasteiger partial charge in [0.2, 0.25) is 0 Å². The summed E-state index contributed by atoms with van der Waals surface area (Å²) in [4.78, 5) is 2.33. The predicted molar refractivity (Wildman–Crippen MR) is 82.6 cm³/mol. The summed E-state index contributed by atoms with van der Waals surface area (Å²) >= 11 is 0. The summed E-state index contributed by atoms with van der Waals surface area (Å²) in [6.45, 7) is 5.55. The van der Waals surface area contributed by atoms with Crippen molar-refractivity contribution in [3.63, 3.8) is 0 Å². The minimum Gasteiger partial charge on any atom is -0.352 e. The van der Waals surface area contributed by atoms with Crippen molar-refractivity contribution in [3.8, 4) is 11.3 Å². The van der Waals surface area contributed by atoms with Crippen LogP contribution in [0.4, 0.5) is 10.2 Å². The molecule has 4 heteroatoms. The maximum atomic E-state index is 12.9. The van der Waals surface area contributed by atoms with E-state index in [4.69, 9.17) is 0 Å². The topological polar surface area (TPSA) is 29.0 Å². The molecule has 2 unspecified atom stereocenters. The van der Waals surface area contributed by atoms with Gasteiger partial charge in [0, 0.05) is 18.2 Å². The molecule has 1 fully saturated rings. The Balaban J connectivity index is 1.82. The third-order valence-corrected chi connectivity index (χ3v) is 4.20. The van der Waals surface area contributed by atoms with E-state index in [1.165, 1.54) is 25.0 Å². The number of rotatable bonds is 2. The zero-order valence-electron chi connectivity index (χ0n) is 12.5. The molecule has 0 bridgehead atoms. The predicted octanol–water partition coefficient (Wildman–Crippen LogP) is 3.91. The summed E-state index contributed by atoms with van der Waals surface area (Å²) in [6.07, 6.45) is 2.47. The van der Waals surface area contributed by atoms with E-state index in [1.54, 1.807) is 12.1 Å². The summed E-state index contributed by atoms with van der Waals surface area (Å²) in [5.41, 5.74) is 1.66. The summed E-state index contributed by atoms with van der Waals surface area (Å²) in [7, 11) is 0. The zero-order valence-corrected chi connectivity index (χ0v) is 12.5. The molecule has 1 aliphatic rings. The molecule has 3 nitrogen and oxygen atoms in total. The first kappa shape index (κ1) is 14.0. The van der Waals surface area contributed by atoms with Crippen LogP contribution in [0.15, 0.2) is 36.4 Å². The van der Waals surface area contributed by atoms with E-state index in [1.807, 2.05) is 12.1 Å². The third-order valence-electron chi connectivity index (χ3n) is 4.20. The van der Waals surface area contributed by atoms with Gasteiger partial charge in [0.1, 0.15) is 5.82 Å². The fourth-order valence-electron chi connectivity index (χ4n) is 2.86. The Kier molecular flexibility index (Phi) is 3.86. The number of aromatic nitrogens is 2. The van der Waals surface area contributed by atoms with E-state index in [2.05, 4.69) is 28.9 Å². The van der Waals surface area contributed by atoms with Crippen LogP contribution < -0.4 is 4.90 Å². The molecule has 0 aliphatic carbocycles. The highest BCUT2D eigenvalue weighted by Crippen LogP contribution is 2.26. The first-order chi connectivity index (χ1) is 10.1. The van der Waals surface area contributed by atoms with E-state index in [-0.39, 0.29) is 5.82 Å². The molecule has 21 heavy (non-hydrogen) atoms. The van der Waals surface area contributed by atoms with Crippen LogP contribution in [0.3, 0.4) is 0 Å². The normalized spacial score (nSPS) is 22.3. The van der Waals surface area contributed by atoms with Crippen molar-refractivity contribution in [3.05, 3.63) is 42.2 Å². The second-order valence-corrected chi connectivity index (χ2v) is 5.97. The van der Waals surface area contributed by atoms with Crippen molar-refractivity contribution < 1.29 is 4.39 Å². The summed E-state index contributed by atoms with van der Waals surface area (Å²) in [5.74, 6) is 1.39. The summed E-state index contributed by atoms with van der Waals surface area (Å²) < 4.78 is 12.9. The van der Waals surface area contributed by atoms with Crippen LogP contribution in [0.2, 0.25) is 0 Å². The van der Waals surface area contributed by atoms with Gasteiger partial charge in [-0.1, -0.05) is 6.92 Å². The van der Waals surface area contributed by atoms with Crippen LogP contribution >= 0.6 is 0 Å². The van der Waals surface area contributed by atoms with Crippen molar-refractivity contribution in [1.29, 1.82) is 0 Å². The van der Waals surface area contributed by atoms with E-state index >= 15 is 0 Å². The number of hydrogen-bond donors (Lipinski definition) is 0. The highest BCUT2D eigenvalue weighted by atomic mass is 19.1. The molecule has 0 N–H and O–H groups in total. The lowest BCUT2D eigenvalue weighted by Gasteiger charge is -2.37. The van der Waals surface area contributed by atoms with Crippen LogP contribution in [0, 0.1) is 11.7 Å². The Labute approximate surface area is 124 Å². The van der Waals surface area contributed by atoms with Crippen LogP contribution in [0.25, 0.3) is 11.3 Å². The maximum Gasteiger partial charge on any atom is 0.151 e.